The van der Waals surface area contributed by atoms with Gasteiger partial charge in [-0.1, -0.05) is 77.9 Å². The maximum Gasteiger partial charge on any atom is 0.408 e. The van der Waals surface area contributed by atoms with Crippen LogP contribution >= 0.6 is 6.64 Å². The van der Waals surface area contributed by atoms with Crippen LogP contribution in [0.4, 0.5) is 0 Å². The summed E-state index contributed by atoms with van der Waals surface area (Å²) < 4.78 is 12.3. The van der Waals surface area contributed by atoms with Gasteiger partial charge >= 0.3 is 6.64 Å². The van der Waals surface area contributed by atoms with E-state index in [9.17, 15) is 5.11 Å². The number of para-hydroxylation sites is 1. The molecule has 0 aliphatic heterocycles. The first-order chi connectivity index (χ1) is 15.9. The van der Waals surface area contributed by atoms with Gasteiger partial charge in [-0.05, 0) is 58.4 Å². The summed E-state index contributed by atoms with van der Waals surface area (Å²) in [7, 11) is 0. The van der Waals surface area contributed by atoms with E-state index in [-0.39, 0.29) is 16.6 Å². The molecule has 0 aliphatic rings. The second-order valence-corrected chi connectivity index (χ2v) is 13.1. The highest BCUT2D eigenvalue weighted by molar-refractivity contribution is 8.09. The molecule has 7 heteroatoms. The normalized spacial score (nSPS) is 12.5. The van der Waals surface area contributed by atoms with Crippen LogP contribution in [-0.2, 0) is 22.6 Å². The van der Waals surface area contributed by atoms with Gasteiger partial charge in [0, 0.05) is 17.4 Å². The predicted octanol–water partition coefficient (Wildman–Crippen LogP) is 7.29. The SMILES string of the molecule is CC(C)(C)c1ccc(OP(=S)(NN=Cc2ccccc2O)Oc2ccc(C(C)(C)C)cc2)cc1. The molecule has 2 N–H and O–H groups in total. The van der Waals surface area contributed by atoms with Crippen LogP contribution < -0.4 is 14.2 Å². The Hall–Kier alpha value is -2.82. The van der Waals surface area contributed by atoms with Crippen molar-refractivity contribution in [1.82, 2.24) is 5.20 Å². The molecule has 0 bridgehead atoms. The zero-order valence-electron chi connectivity index (χ0n) is 20.6. The zero-order valence-corrected chi connectivity index (χ0v) is 22.3. The van der Waals surface area contributed by atoms with Crippen LogP contribution in [0.15, 0.2) is 77.9 Å². The zero-order chi connectivity index (χ0) is 25.0. The lowest BCUT2D eigenvalue weighted by atomic mass is 9.87. The number of hydrazone groups is 1. The number of rotatable bonds is 7. The fourth-order valence-electron chi connectivity index (χ4n) is 3.13. The van der Waals surface area contributed by atoms with Crippen LogP contribution in [0.1, 0.15) is 58.2 Å². The average molecular weight is 497 g/mol. The molecule has 0 atom stereocenters. The number of aromatic hydroxyl groups is 1. The van der Waals surface area contributed by atoms with Gasteiger partial charge in [-0.25, -0.2) is 5.20 Å². The van der Waals surface area contributed by atoms with Crippen LogP contribution in [0.3, 0.4) is 0 Å². The maximum atomic E-state index is 10.00. The van der Waals surface area contributed by atoms with E-state index >= 15 is 0 Å². The van der Waals surface area contributed by atoms with Crippen LogP contribution in [0.5, 0.6) is 17.2 Å². The quantitative estimate of drug-likeness (QED) is 0.204. The topological polar surface area (TPSA) is 63.1 Å². The van der Waals surface area contributed by atoms with Crippen molar-refractivity contribution in [1.29, 1.82) is 0 Å². The molecule has 0 amide bonds. The Morgan fingerprint density at radius 1 is 0.765 bits per heavy atom. The Morgan fingerprint density at radius 3 is 1.62 bits per heavy atom. The Labute approximate surface area is 208 Å². The summed E-state index contributed by atoms with van der Waals surface area (Å²) in [4.78, 5) is 0. The van der Waals surface area contributed by atoms with Gasteiger partial charge in [0.05, 0.1) is 6.21 Å². The first kappa shape index (κ1) is 25.8. The van der Waals surface area contributed by atoms with Crippen molar-refractivity contribution in [2.24, 2.45) is 5.10 Å². The lowest BCUT2D eigenvalue weighted by molar-refractivity contribution is 0.470. The predicted molar refractivity (Wildman–Crippen MR) is 145 cm³/mol. The molecule has 0 saturated heterocycles. The molecule has 0 fully saturated rings. The fourth-order valence-corrected chi connectivity index (χ4v) is 4.91. The summed E-state index contributed by atoms with van der Waals surface area (Å²) in [5, 5.41) is 17.1. The van der Waals surface area contributed by atoms with E-state index < -0.39 is 6.64 Å². The highest BCUT2D eigenvalue weighted by Gasteiger charge is 2.24. The second-order valence-electron chi connectivity index (χ2n) is 10.1. The third-order valence-electron chi connectivity index (χ3n) is 5.21. The Balaban J connectivity index is 1.85. The van der Waals surface area contributed by atoms with Crippen molar-refractivity contribution < 1.29 is 14.2 Å². The molecule has 0 saturated carbocycles. The number of hydrogen-bond donors (Lipinski definition) is 2. The minimum absolute atomic E-state index is 0.0320. The Kier molecular flexibility index (Phi) is 7.74. The summed E-state index contributed by atoms with van der Waals surface area (Å²) in [5.74, 6) is 1.31. The van der Waals surface area contributed by atoms with Crippen LogP contribution in [0.25, 0.3) is 0 Å². The molecule has 0 spiro atoms. The van der Waals surface area contributed by atoms with E-state index in [4.69, 9.17) is 20.9 Å². The van der Waals surface area contributed by atoms with Crippen molar-refractivity contribution in [3.63, 3.8) is 0 Å². The molecule has 0 radical (unpaired) electrons. The summed E-state index contributed by atoms with van der Waals surface area (Å²) in [6.07, 6.45) is 1.49. The van der Waals surface area contributed by atoms with E-state index in [1.165, 1.54) is 17.3 Å². The van der Waals surface area contributed by atoms with E-state index in [0.717, 1.165) is 0 Å². The van der Waals surface area contributed by atoms with Gasteiger partial charge < -0.3 is 14.2 Å². The van der Waals surface area contributed by atoms with Gasteiger partial charge in [0.2, 0.25) is 0 Å². The molecule has 3 rings (SSSR count). The van der Waals surface area contributed by atoms with Crippen molar-refractivity contribution in [2.45, 2.75) is 52.4 Å². The smallest absolute Gasteiger partial charge is 0.408 e. The van der Waals surface area contributed by atoms with Gasteiger partial charge in [-0.15, -0.1) is 0 Å². The van der Waals surface area contributed by atoms with E-state index in [1.54, 1.807) is 18.2 Å². The van der Waals surface area contributed by atoms with Crippen molar-refractivity contribution in [2.75, 3.05) is 0 Å². The molecule has 0 aliphatic carbocycles. The number of phenols is 1. The molecule has 5 nitrogen and oxygen atoms in total. The van der Waals surface area contributed by atoms with Crippen molar-refractivity contribution in [3.05, 3.63) is 89.5 Å². The third-order valence-corrected chi connectivity index (χ3v) is 7.17. The van der Waals surface area contributed by atoms with E-state index in [0.29, 0.717) is 17.1 Å². The first-order valence-corrected chi connectivity index (χ1v) is 13.8. The summed E-state index contributed by atoms with van der Waals surface area (Å²) in [6.45, 7) is 9.83. The van der Waals surface area contributed by atoms with Crippen LogP contribution in [0.2, 0.25) is 0 Å². The van der Waals surface area contributed by atoms with Gasteiger partial charge in [-0.2, -0.15) is 5.10 Å². The Morgan fingerprint density at radius 2 is 1.21 bits per heavy atom. The summed E-state index contributed by atoms with van der Waals surface area (Å²) >= 11 is 5.81. The van der Waals surface area contributed by atoms with Crippen LogP contribution in [-0.4, -0.2) is 11.3 Å². The third kappa shape index (κ3) is 7.09. The summed E-state index contributed by atoms with van der Waals surface area (Å²) in [5.41, 5.74) is 3.00. The lowest BCUT2D eigenvalue weighted by Gasteiger charge is -2.24. The molecule has 3 aromatic rings. The molecular weight excluding hydrogens is 463 g/mol. The van der Waals surface area contributed by atoms with Crippen molar-refractivity contribution >= 4 is 24.7 Å². The minimum Gasteiger partial charge on any atom is -0.507 e. The maximum absolute atomic E-state index is 10.00. The van der Waals surface area contributed by atoms with Gasteiger partial charge in [0.1, 0.15) is 17.2 Å². The van der Waals surface area contributed by atoms with Gasteiger partial charge in [-0.3, -0.25) is 0 Å². The highest BCUT2D eigenvalue weighted by atomic mass is 32.5. The largest absolute Gasteiger partial charge is 0.507 e. The Bertz CT molecular complexity index is 1110. The minimum atomic E-state index is -3.12. The second kappa shape index (κ2) is 10.2. The molecular formula is C27H33N2O3PS. The number of benzene rings is 3. The fraction of sp³-hybridized carbons (Fsp3) is 0.296. The molecule has 3 aromatic carbocycles. The molecule has 180 valence electrons. The number of hydrogen-bond acceptors (Lipinski definition) is 5. The van der Waals surface area contributed by atoms with E-state index in [1.807, 2.05) is 54.6 Å². The molecule has 0 unspecified atom stereocenters. The van der Waals surface area contributed by atoms with Crippen LogP contribution in [0, 0.1) is 0 Å². The molecule has 0 heterocycles. The average Bonchev–Trinajstić information content (AvgIpc) is 2.74. The molecule has 34 heavy (non-hydrogen) atoms. The summed E-state index contributed by atoms with van der Waals surface area (Å²) in [6, 6.07) is 22.6. The first-order valence-electron chi connectivity index (χ1n) is 11.1. The van der Waals surface area contributed by atoms with Gasteiger partial charge in [0.15, 0.2) is 0 Å². The monoisotopic (exact) mass is 496 g/mol. The highest BCUT2D eigenvalue weighted by Crippen LogP contribution is 2.45. The lowest BCUT2D eigenvalue weighted by Crippen LogP contribution is -2.15. The number of nitrogens with zero attached hydrogens (tertiary/aromatic N) is 1. The van der Waals surface area contributed by atoms with Gasteiger partial charge in [0.25, 0.3) is 0 Å². The number of phenolic OH excluding ortho intramolecular Hbond substituents is 1. The number of nitrogens with one attached hydrogen (secondary N) is 1. The standard InChI is InChI=1S/C27H33N2O3PS/c1-26(2,3)21-11-15-23(16-12-21)31-33(34,29-28-19-20-9-7-8-10-25(20)30)32-24-17-13-22(14-18-24)27(4,5)6/h7-19,30H,1-6H3,(H,29,34). The van der Waals surface area contributed by atoms with E-state index in [2.05, 4.69) is 51.8 Å². The van der Waals surface area contributed by atoms with Crippen molar-refractivity contribution in [3.8, 4) is 17.2 Å². The molecule has 0 aromatic heterocycles.